The minimum absolute atomic E-state index is 0.0110. The molecule has 1 fully saturated rings. The summed E-state index contributed by atoms with van der Waals surface area (Å²) in [5.74, 6) is -0.0612. The summed E-state index contributed by atoms with van der Waals surface area (Å²) in [6.45, 7) is 7.15. The Morgan fingerprint density at radius 2 is 2.29 bits per heavy atom. The molecule has 1 aliphatic rings. The van der Waals surface area contributed by atoms with Gasteiger partial charge in [-0.05, 0) is 20.8 Å². The molecule has 14 heavy (non-hydrogen) atoms. The highest BCUT2D eigenvalue weighted by Gasteiger charge is 2.31. The van der Waals surface area contributed by atoms with E-state index in [2.05, 4.69) is 5.32 Å². The van der Waals surface area contributed by atoms with Crippen molar-refractivity contribution in [2.45, 2.75) is 33.2 Å². The molecule has 0 spiro atoms. The summed E-state index contributed by atoms with van der Waals surface area (Å²) >= 11 is 0. The molecule has 1 atom stereocenters. The van der Waals surface area contributed by atoms with Gasteiger partial charge in [-0.2, -0.15) is 0 Å². The van der Waals surface area contributed by atoms with Crippen LogP contribution < -0.4 is 5.32 Å². The van der Waals surface area contributed by atoms with Gasteiger partial charge in [-0.15, -0.1) is 0 Å². The van der Waals surface area contributed by atoms with Gasteiger partial charge < -0.3 is 10.2 Å². The van der Waals surface area contributed by atoms with Gasteiger partial charge in [0.25, 0.3) is 0 Å². The first kappa shape index (κ1) is 11.0. The normalized spacial score (nSPS) is 21.1. The lowest BCUT2D eigenvalue weighted by molar-refractivity contribution is -0.137. The molecule has 1 rings (SSSR count). The zero-order chi connectivity index (χ0) is 10.7. The first-order chi connectivity index (χ1) is 6.56. The number of nitrogens with zero attached hydrogens (tertiary/aromatic N) is 1. The lowest BCUT2D eigenvalue weighted by atomic mass is 10.1. The van der Waals surface area contributed by atoms with Gasteiger partial charge in [0.2, 0.25) is 11.8 Å². The van der Waals surface area contributed by atoms with E-state index < -0.39 is 0 Å². The minimum atomic E-state index is -0.148. The summed E-state index contributed by atoms with van der Waals surface area (Å²) in [6.07, 6.45) is 0.349. The third-order valence-electron chi connectivity index (χ3n) is 2.57. The summed E-state index contributed by atoms with van der Waals surface area (Å²) in [5.41, 5.74) is 0. The molecular weight excluding hydrogens is 180 g/mol. The second-order valence-corrected chi connectivity index (χ2v) is 3.92. The van der Waals surface area contributed by atoms with Crippen molar-refractivity contribution in [1.82, 2.24) is 10.2 Å². The van der Waals surface area contributed by atoms with Gasteiger partial charge in [0.15, 0.2) is 0 Å². The molecule has 1 aliphatic heterocycles. The van der Waals surface area contributed by atoms with Crippen molar-refractivity contribution in [1.29, 1.82) is 0 Å². The number of nitrogens with one attached hydrogen (secondary N) is 1. The van der Waals surface area contributed by atoms with Crippen molar-refractivity contribution in [2.75, 3.05) is 13.1 Å². The Balaban J connectivity index is 2.59. The van der Waals surface area contributed by atoms with E-state index in [1.165, 1.54) is 0 Å². The first-order valence-electron chi connectivity index (χ1n) is 5.13. The van der Waals surface area contributed by atoms with Gasteiger partial charge in [-0.3, -0.25) is 9.59 Å². The molecule has 4 nitrogen and oxygen atoms in total. The lowest BCUT2D eigenvalue weighted by Gasteiger charge is -2.27. The molecule has 4 heteroatoms. The zero-order valence-electron chi connectivity index (χ0n) is 9.04. The summed E-state index contributed by atoms with van der Waals surface area (Å²) in [5, 5.41) is 2.68. The Bertz CT molecular complexity index is 238. The van der Waals surface area contributed by atoms with Crippen molar-refractivity contribution in [3.8, 4) is 0 Å². The van der Waals surface area contributed by atoms with E-state index in [1.54, 1.807) is 0 Å². The molecule has 1 unspecified atom stereocenters. The van der Waals surface area contributed by atoms with Crippen LogP contribution in [0.4, 0.5) is 0 Å². The van der Waals surface area contributed by atoms with Crippen LogP contribution in [-0.4, -0.2) is 35.8 Å². The van der Waals surface area contributed by atoms with E-state index in [-0.39, 0.29) is 23.8 Å². The molecule has 0 saturated carbocycles. The van der Waals surface area contributed by atoms with Crippen LogP contribution in [0.2, 0.25) is 0 Å². The van der Waals surface area contributed by atoms with Crippen molar-refractivity contribution < 1.29 is 9.59 Å². The van der Waals surface area contributed by atoms with Gasteiger partial charge in [0, 0.05) is 25.6 Å². The summed E-state index contributed by atoms with van der Waals surface area (Å²) in [7, 11) is 0. The predicted molar refractivity (Wildman–Crippen MR) is 53.6 cm³/mol. The van der Waals surface area contributed by atoms with Gasteiger partial charge in [-0.1, -0.05) is 0 Å². The van der Waals surface area contributed by atoms with E-state index >= 15 is 0 Å². The predicted octanol–water partition coefficient (Wildman–Crippen LogP) is 0.379. The maximum absolute atomic E-state index is 11.9. The fraction of sp³-hybridized carbons (Fsp3) is 0.800. The van der Waals surface area contributed by atoms with Crippen LogP contribution in [0.25, 0.3) is 0 Å². The van der Waals surface area contributed by atoms with Crippen LogP contribution in [0.15, 0.2) is 0 Å². The number of rotatable bonds is 3. The Kier molecular flexibility index (Phi) is 3.49. The van der Waals surface area contributed by atoms with Crippen LogP contribution >= 0.6 is 0 Å². The molecule has 2 amide bonds. The maximum Gasteiger partial charge on any atom is 0.228 e. The zero-order valence-corrected chi connectivity index (χ0v) is 9.04. The highest BCUT2D eigenvalue weighted by molar-refractivity contribution is 5.89. The number of hydrogen-bond acceptors (Lipinski definition) is 2. The molecule has 1 saturated heterocycles. The minimum Gasteiger partial charge on any atom is -0.355 e. The van der Waals surface area contributed by atoms with Gasteiger partial charge in [0.05, 0.1) is 5.92 Å². The average molecular weight is 198 g/mol. The van der Waals surface area contributed by atoms with E-state index in [9.17, 15) is 9.59 Å². The molecule has 80 valence electrons. The largest absolute Gasteiger partial charge is 0.355 e. The molecule has 0 aromatic carbocycles. The number of amides is 2. The molecule has 0 aromatic rings. The van der Waals surface area contributed by atoms with Crippen LogP contribution in [-0.2, 0) is 9.59 Å². The second-order valence-electron chi connectivity index (χ2n) is 3.92. The Labute approximate surface area is 84.7 Å². The molecule has 0 aromatic heterocycles. The second kappa shape index (κ2) is 4.44. The molecular formula is C10H18N2O2. The molecule has 1 heterocycles. The monoisotopic (exact) mass is 198 g/mol. The lowest BCUT2D eigenvalue weighted by Crippen LogP contribution is -2.41. The molecule has 0 bridgehead atoms. The summed E-state index contributed by atoms with van der Waals surface area (Å²) in [4.78, 5) is 24.7. The third kappa shape index (κ3) is 2.25. The Hall–Kier alpha value is -1.06. The molecule has 0 aliphatic carbocycles. The quantitative estimate of drug-likeness (QED) is 0.712. The van der Waals surface area contributed by atoms with E-state index in [0.29, 0.717) is 19.5 Å². The van der Waals surface area contributed by atoms with Gasteiger partial charge in [-0.25, -0.2) is 0 Å². The average Bonchev–Trinajstić information content (AvgIpc) is 2.52. The highest BCUT2D eigenvalue weighted by atomic mass is 16.2. The van der Waals surface area contributed by atoms with Crippen LogP contribution in [0, 0.1) is 5.92 Å². The van der Waals surface area contributed by atoms with E-state index in [0.717, 1.165) is 0 Å². The first-order valence-corrected chi connectivity index (χ1v) is 5.13. The van der Waals surface area contributed by atoms with Crippen molar-refractivity contribution in [3.63, 3.8) is 0 Å². The highest BCUT2D eigenvalue weighted by Crippen LogP contribution is 2.14. The number of carbonyl (C=O) groups excluding carboxylic acids is 2. The van der Waals surface area contributed by atoms with Crippen molar-refractivity contribution in [2.24, 2.45) is 5.92 Å². The Morgan fingerprint density at radius 1 is 1.64 bits per heavy atom. The van der Waals surface area contributed by atoms with E-state index in [1.807, 2.05) is 25.7 Å². The maximum atomic E-state index is 11.9. The topological polar surface area (TPSA) is 49.4 Å². The third-order valence-corrected chi connectivity index (χ3v) is 2.57. The van der Waals surface area contributed by atoms with Crippen molar-refractivity contribution >= 4 is 11.8 Å². The summed E-state index contributed by atoms with van der Waals surface area (Å²) in [6, 6.07) is 0.211. The molecule has 1 N–H and O–H groups in total. The van der Waals surface area contributed by atoms with Crippen LogP contribution in [0.1, 0.15) is 27.2 Å². The standard InChI is InChI=1S/C10H18N2O2/c1-4-12(7(2)3)10(14)8-5-9(13)11-6-8/h7-8H,4-6H2,1-3H3,(H,11,13). The van der Waals surface area contributed by atoms with Gasteiger partial charge in [0.1, 0.15) is 0 Å². The molecule has 0 radical (unpaired) electrons. The number of carbonyl (C=O) groups is 2. The fourth-order valence-corrected chi connectivity index (χ4v) is 1.79. The fourth-order valence-electron chi connectivity index (χ4n) is 1.79. The number of hydrogen-bond donors (Lipinski definition) is 1. The van der Waals surface area contributed by atoms with Crippen molar-refractivity contribution in [3.05, 3.63) is 0 Å². The smallest absolute Gasteiger partial charge is 0.228 e. The van der Waals surface area contributed by atoms with E-state index in [4.69, 9.17) is 0 Å². The van der Waals surface area contributed by atoms with Crippen LogP contribution in [0.5, 0.6) is 0 Å². The summed E-state index contributed by atoms with van der Waals surface area (Å²) < 4.78 is 0. The van der Waals surface area contributed by atoms with Crippen LogP contribution in [0.3, 0.4) is 0 Å². The SMILES string of the molecule is CCN(C(=O)C1CNC(=O)C1)C(C)C. The van der Waals surface area contributed by atoms with Gasteiger partial charge >= 0.3 is 0 Å². The Morgan fingerprint density at radius 3 is 2.64 bits per heavy atom.